The van der Waals surface area contributed by atoms with Gasteiger partial charge in [-0.05, 0) is 67.0 Å². The number of hydrogen-bond donors (Lipinski definition) is 1. The first-order valence-corrected chi connectivity index (χ1v) is 18.6. The van der Waals surface area contributed by atoms with Crippen molar-refractivity contribution in [2.45, 2.75) is 50.3 Å². The predicted molar refractivity (Wildman–Crippen MR) is 192 cm³/mol. The fourth-order valence-corrected chi connectivity index (χ4v) is 7.56. The zero-order valence-corrected chi connectivity index (χ0v) is 28.9. The van der Waals surface area contributed by atoms with Crippen molar-refractivity contribution in [2.24, 2.45) is 7.05 Å². The van der Waals surface area contributed by atoms with Crippen LogP contribution in [0.1, 0.15) is 46.7 Å². The zero-order valence-electron chi connectivity index (χ0n) is 28.1. The van der Waals surface area contributed by atoms with Gasteiger partial charge in [0.05, 0.1) is 29.3 Å². The maximum atomic E-state index is 13.0. The molecular formula is C39H39N3O7S. The van der Waals surface area contributed by atoms with Crippen LogP contribution in [0.5, 0.6) is 11.5 Å². The Kier molecular flexibility index (Phi) is 9.35. The number of aromatic carboxylic acids is 1. The van der Waals surface area contributed by atoms with Crippen molar-refractivity contribution in [1.29, 1.82) is 0 Å². The van der Waals surface area contributed by atoms with Gasteiger partial charge >= 0.3 is 5.97 Å². The zero-order chi connectivity index (χ0) is 34.8. The van der Waals surface area contributed by atoms with E-state index < -0.39 is 15.8 Å². The first-order valence-electron chi connectivity index (χ1n) is 16.7. The van der Waals surface area contributed by atoms with E-state index in [4.69, 9.17) is 19.3 Å². The summed E-state index contributed by atoms with van der Waals surface area (Å²) in [5, 5.41) is 18.6. The van der Waals surface area contributed by atoms with Gasteiger partial charge in [-0.1, -0.05) is 54.6 Å². The molecule has 0 radical (unpaired) electrons. The maximum absolute atomic E-state index is 13.0. The average molecular weight is 694 g/mol. The number of aromatic nitrogens is 3. The molecule has 258 valence electrons. The fourth-order valence-electron chi connectivity index (χ4n) is 6.93. The van der Waals surface area contributed by atoms with Crippen molar-refractivity contribution >= 4 is 37.5 Å². The number of carboxylic acid groups (broad SMARTS) is 1. The van der Waals surface area contributed by atoms with Crippen molar-refractivity contribution in [2.75, 3.05) is 19.5 Å². The summed E-state index contributed by atoms with van der Waals surface area (Å²) in [5.74, 6) is 0.358. The van der Waals surface area contributed by atoms with Crippen LogP contribution >= 0.6 is 0 Å². The molecule has 7 rings (SSSR count). The van der Waals surface area contributed by atoms with Crippen LogP contribution < -0.4 is 9.47 Å². The van der Waals surface area contributed by atoms with Crippen LogP contribution in [0.2, 0.25) is 0 Å². The number of sulfone groups is 1. The van der Waals surface area contributed by atoms with Crippen LogP contribution in [0, 0.1) is 0 Å². The number of rotatable bonds is 10. The summed E-state index contributed by atoms with van der Waals surface area (Å²) in [6, 6.07) is 26.4. The minimum Gasteiger partial charge on any atom is -0.493 e. The molecule has 1 aliphatic rings. The third-order valence-electron chi connectivity index (χ3n) is 9.26. The molecule has 0 unspecified atom stereocenters. The van der Waals surface area contributed by atoms with Gasteiger partial charge in [-0.15, -0.1) is 0 Å². The van der Waals surface area contributed by atoms with E-state index in [1.165, 1.54) is 18.4 Å². The molecule has 0 spiro atoms. The summed E-state index contributed by atoms with van der Waals surface area (Å²) in [4.78, 5) is 13.3. The van der Waals surface area contributed by atoms with Crippen LogP contribution in [0.25, 0.3) is 32.8 Å². The van der Waals surface area contributed by atoms with E-state index in [0.29, 0.717) is 56.3 Å². The van der Waals surface area contributed by atoms with Crippen LogP contribution in [0.4, 0.5) is 0 Å². The lowest BCUT2D eigenvalue weighted by molar-refractivity contribution is 0.0683. The number of carboxylic acids is 1. The Hall–Kier alpha value is -5.13. The molecule has 0 amide bonds. The van der Waals surface area contributed by atoms with E-state index in [1.54, 1.807) is 16.8 Å². The molecule has 1 N–H and O–H groups in total. The van der Waals surface area contributed by atoms with Gasteiger partial charge in [-0.2, -0.15) is 5.10 Å². The van der Waals surface area contributed by atoms with Crippen LogP contribution in [-0.2, 0) is 47.8 Å². The number of carbonyl (C=O) groups is 1. The van der Waals surface area contributed by atoms with Gasteiger partial charge in [0.2, 0.25) is 0 Å². The number of fused-ring (bicyclic) bond motifs is 3. The monoisotopic (exact) mass is 693 g/mol. The minimum atomic E-state index is -3.34. The predicted octanol–water partition coefficient (Wildman–Crippen LogP) is 7.20. The standard InChI is InChI=1S/C39H39N3O7S/c1-41-34-25-47-22-6-5-21-42-37-30(31(38(42)39(43)44)15-9-23-48-35-16-7-11-26-10-3-4-12-29(26)35)13-8-14-32(37)36(34)33(40-41)24-49-27-17-19-28(20-18-27)50(2,45)46/h3-4,7-8,10-14,16-20H,5-6,9,15,21-25H2,1-2H3,(H,43,44). The number of hydrogen-bond acceptors (Lipinski definition) is 7. The summed E-state index contributed by atoms with van der Waals surface area (Å²) in [6.45, 7) is 1.95. The van der Waals surface area contributed by atoms with Crippen molar-refractivity contribution in [3.05, 3.63) is 108 Å². The van der Waals surface area contributed by atoms with E-state index in [1.807, 2.05) is 60.1 Å². The molecule has 10 nitrogen and oxygen atoms in total. The Morgan fingerprint density at radius 2 is 1.70 bits per heavy atom. The largest absolute Gasteiger partial charge is 0.493 e. The SMILES string of the molecule is Cn1nc(COc2ccc(S(C)(=O)=O)cc2)c2c1COCCCCn1c(C(=O)O)c(CCCOc3cccc4ccccc34)c3cccc-2c31. The summed E-state index contributed by atoms with van der Waals surface area (Å²) >= 11 is 0. The van der Waals surface area contributed by atoms with Crippen molar-refractivity contribution in [1.82, 2.24) is 14.3 Å². The summed E-state index contributed by atoms with van der Waals surface area (Å²) in [6.07, 6.45) is 3.87. The lowest BCUT2D eigenvalue weighted by Gasteiger charge is -2.13. The molecule has 0 saturated heterocycles. The Balaban J connectivity index is 1.25. The minimum absolute atomic E-state index is 0.114. The normalized spacial score (nSPS) is 13.6. The number of aryl methyl sites for hydroxylation is 3. The molecule has 6 aromatic rings. The fraction of sp³-hybridized carbons (Fsp3) is 0.282. The Morgan fingerprint density at radius 1 is 0.940 bits per heavy atom. The van der Waals surface area contributed by atoms with Gasteiger partial charge in [0.15, 0.2) is 9.84 Å². The van der Waals surface area contributed by atoms with Gasteiger partial charge < -0.3 is 23.9 Å². The number of nitrogens with zero attached hydrogens (tertiary/aromatic N) is 3. The second-order valence-electron chi connectivity index (χ2n) is 12.6. The molecular weight excluding hydrogens is 655 g/mol. The van der Waals surface area contributed by atoms with E-state index in [2.05, 4.69) is 12.1 Å². The topological polar surface area (TPSA) is 122 Å². The van der Waals surface area contributed by atoms with E-state index >= 15 is 0 Å². The lowest BCUT2D eigenvalue weighted by Crippen LogP contribution is -2.12. The molecule has 11 heteroatoms. The molecule has 0 saturated carbocycles. The molecule has 0 aliphatic carbocycles. The van der Waals surface area contributed by atoms with Gasteiger partial charge in [0.1, 0.15) is 29.5 Å². The molecule has 2 aromatic heterocycles. The Morgan fingerprint density at radius 3 is 2.50 bits per heavy atom. The highest BCUT2D eigenvalue weighted by Gasteiger charge is 2.28. The van der Waals surface area contributed by atoms with Gasteiger partial charge in [-0.25, -0.2) is 13.2 Å². The maximum Gasteiger partial charge on any atom is 0.352 e. The molecule has 0 bridgehead atoms. The second kappa shape index (κ2) is 14.0. The summed E-state index contributed by atoms with van der Waals surface area (Å²) in [7, 11) is -1.46. The third-order valence-corrected chi connectivity index (χ3v) is 10.4. The highest BCUT2D eigenvalue weighted by Crippen LogP contribution is 2.39. The summed E-state index contributed by atoms with van der Waals surface area (Å²) in [5.41, 5.74) is 5.17. The molecule has 3 heterocycles. The Labute approximate surface area is 290 Å². The molecule has 0 atom stereocenters. The van der Waals surface area contributed by atoms with Gasteiger partial charge in [0, 0.05) is 48.4 Å². The molecule has 1 aliphatic heterocycles. The number of para-hydroxylation sites is 1. The van der Waals surface area contributed by atoms with E-state index in [-0.39, 0.29) is 11.5 Å². The van der Waals surface area contributed by atoms with E-state index in [9.17, 15) is 18.3 Å². The van der Waals surface area contributed by atoms with Gasteiger partial charge in [-0.3, -0.25) is 4.68 Å². The average Bonchev–Trinajstić information content (AvgIpc) is 3.59. The molecule has 0 fully saturated rings. The van der Waals surface area contributed by atoms with Crippen molar-refractivity contribution in [3.63, 3.8) is 0 Å². The second-order valence-corrected chi connectivity index (χ2v) is 14.6. The Bertz CT molecular complexity index is 2300. The smallest absolute Gasteiger partial charge is 0.352 e. The van der Waals surface area contributed by atoms with Crippen molar-refractivity contribution in [3.8, 4) is 22.6 Å². The molecule has 4 aromatic carbocycles. The highest BCUT2D eigenvalue weighted by atomic mass is 32.2. The first kappa shape index (κ1) is 33.4. The van der Waals surface area contributed by atoms with Crippen LogP contribution in [0.15, 0.2) is 89.8 Å². The first-order chi connectivity index (χ1) is 24.2. The van der Waals surface area contributed by atoms with Crippen molar-refractivity contribution < 1.29 is 32.5 Å². The lowest BCUT2D eigenvalue weighted by atomic mass is 9.98. The molecule has 50 heavy (non-hydrogen) atoms. The quantitative estimate of drug-likeness (QED) is 0.150. The summed E-state index contributed by atoms with van der Waals surface area (Å²) < 4.78 is 46.1. The van der Waals surface area contributed by atoms with Crippen LogP contribution in [-0.4, -0.2) is 53.3 Å². The van der Waals surface area contributed by atoms with Gasteiger partial charge in [0.25, 0.3) is 0 Å². The number of benzene rings is 4. The number of ether oxygens (including phenoxy) is 3. The highest BCUT2D eigenvalue weighted by molar-refractivity contribution is 7.90. The third kappa shape index (κ3) is 6.58. The van der Waals surface area contributed by atoms with Crippen LogP contribution in [0.3, 0.4) is 0 Å². The van der Waals surface area contributed by atoms with E-state index in [0.717, 1.165) is 62.7 Å².